The van der Waals surface area contributed by atoms with Gasteiger partial charge in [-0.25, -0.2) is 4.98 Å². The average Bonchev–Trinajstić information content (AvgIpc) is 2.58. The summed E-state index contributed by atoms with van der Waals surface area (Å²) in [7, 11) is 0. The van der Waals surface area contributed by atoms with E-state index < -0.39 is 0 Å². The lowest BCUT2D eigenvalue weighted by Gasteiger charge is -2.27. The molecule has 1 aliphatic rings. The third-order valence-corrected chi connectivity index (χ3v) is 3.80. The summed E-state index contributed by atoms with van der Waals surface area (Å²) in [6.45, 7) is 0. The van der Waals surface area contributed by atoms with E-state index in [1.165, 1.54) is 19.3 Å². The van der Waals surface area contributed by atoms with Gasteiger partial charge in [-0.2, -0.15) is 4.98 Å². The Balaban J connectivity index is 2.02. The maximum atomic E-state index is 5.87. The molecule has 1 fully saturated rings. The van der Waals surface area contributed by atoms with E-state index in [2.05, 4.69) is 15.3 Å². The molecular weight excluding hydrogens is 230 g/mol. The maximum Gasteiger partial charge on any atom is 0.224 e. The summed E-state index contributed by atoms with van der Waals surface area (Å²) in [5, 5.41) is 5.76. The number of nitrogens with zero attached hydrogens (tertiary/aromatic N) is 2. The van der Waals surface area contributed by atoms with Crippen molar-refractivity contribution in [2.24, 2.45) is 0 Å². The first-order chi connectivity index (χ1) is 7.33. The molecule has 2 aromatic rings. The molecule has 0 spiro atoms. The highest BCUT2D eigenvalue weighted by molar-refractivity contribution is 7.17. The first-order valence-corrected chi connectivity index (χ1v) is 6.26. The van der Waals surface area contributed by atoms with Gasteiger partial charge in [-0.1, -0.05) is 0 Å². The van der Waals surface area contributed by atoms with Crippen LogP contribution in [0.5, 0.6) is 0 Å². The summed E-state index contributed by atoms with van der Waals surface area (Å²) in [6.07, 6.45) is 3.77. The Morgan fingerprint density at radius 2 is 2.27 bits per heavy atom. The lowest BCUT2D eigenvalue weighted by atomic mass is 9.93. The molecule has 2 aromatic heterocycles. The predicted octanol–water partition coefficient (Wildman–Crippen LogP) is 3.31. The highest BCUT2D eigenvalue weighted by Crippen LogP contribution is 2.30. The molecule has 5 heteroatoms. The van der Waals surface area contributed by atoms with Crippen LogP contribution in [0, 0.1) is 0 Å². The average molecular weight is 240 g/mol. The fourth-order valence-electron chi connectivity index (χ4n) is 1.68. The zero-order chi connectivity index (χ0) is 10.3. The van der Waals surface area contributed by atoms with E-state index in [9.17, 15) is 0 Å². The summed E-state index contributed by atoms with van der Waals surface area (Å²) in [6, 6.07) is 2.54. The fourth-order valence-corrected chi connectivity index (χ4v) is 2.64. The van der Waals surface area contributed by atoms with Crippen molar-refractivity contribution < 1.29 is 0 Å². The van der Waals surface area contributed by atoms with Gasteiger partial charge in [0.05, 0.1) is 10.2 Å². The van der Waals surface area contributed by atoms with Crippen molar-refractivity contribution in [2.45, 2.75) is 25.3 Å². The Kier molecular flexibility index (Phi) is 2.25. The first kappa shape index (κ1) is 9.36. The van der Waals surface area contributed by atoms with Crippen LogP contribution >= 0.6 is 22.9 Å². The molecule has 0 radical (unpaired) electrons. The van der Waals surface area contributed by atoms with E-state index in [0.717, 1.165) is 16.0 Å². The predicted molar refractivity (Wildman–Crippen MR) is 63.7 cm³/mol. The van der Waals surface area contributed by atoms with Crippen molar-refractivity contribution in [3.05, 3.63) is 16.7 Å². The Morgan fingerprint density at radius 1 is 1.40 bits per heavy atom. The highest BCUT2D eigenvalue weighted by Gasteiger charge is 2.19. The molecule has 1 aliphatic carbocycles. The Morgan fingerprint density at radius 3 is 3.00 bits per heavy atom. The van der Waals surface area contributed by atoms with Gasteiger partial charge in [0, 0.05) is 6.04 Å². The van der Waals surface area contributed by atoms with Gasteiger partial charge < -0.3 is 5.32 Å². The van der Waals surface area contributed by atoms with E-state index in [0.29, 0.717) is 11.3 Å². The van der Waals surface area contributed by atoms with Gasteiger partial charge in [0.15, 0.2) is 0 Å². The van der Waals surface area contributed by atoms with Crippen LogP contribution in [0.1, 0.15) is 19.3 Å². The molecule has 1 N–H and O–H groups in total. The lowest BCUT2D eigenvalue weighted by Crippen LogP contribution is -2.27. The summed E-state index contributed by atoms with van der Waals surface area (Å²) < 4.78 is 1.10. The van der Waals surface area contributed by atoms with E-state index >= 15 is 0 Å². The van der Waals surface area contributed by atoms with E-state index in [-0.39, 0.29) is 0 Å². The Bertz CT molecular complexity index is 492. The number of aromatic nitrogens is 2. The van der Waals surface area contributed by atoms with E-state index in [4.69, 9.17) is 11.6 Å². The number of hydrogen-bond donors (Lipinski definition) is 1. The van der Waals surface area contributed by atoms with Gasteiger partial charge in [-0.05, 0) is 42.3 Å². The van der Waals surface area contributed by atoms with Gasteiger partial charge in [0.25, 0.3) is 0 Å². The van der Waals surface area contributed by atoms with Gasteiger partial charge in [-0.15, -0.1) is 11.3 Å². The van der Waals surface area contributed by atoms with Crippen molar-refractivity contribution in [3.63, 3.8) is 0 Å². The quantitative estimate of drug-likeness (QED) is 0.817. The lowest BCUT2D eigenvalue weighted by molar-refractivity contribution is 0.445. The smallest absolute Gasteiger partial charge is 0.224 e. The van der Waals surface area contributed by atoms with Crippen molar-refractivity contribution in [1.82, 2.24) is 9.97 Å². The number of halogens is 1. The monoisotopic (exact) mass is 239 g/mol. The minimum absolute atomic E-state index is 0.322. The van der Waals surface area contributed by atoms with Gasteiger partial charge in [-0.3, -0.25) is 0 Å². The third-order valence-electron chi connectivity index (χ3n) is 2.72. The minimum Gasteiger partial charge on any atom is -0.366 e. The first-order valence-electron chi connectivity index (χ1n) is 5.00. The second-order valence-corrected chi connectivity index (χ2v) is 5.00. The van der Waals surface area contributed by atoms with Crippen LogP contribution in [0.3, 0.4) is 0 Å². The zero-order valence-corrected chi connectivity index (χ0v) is 9.61. The van der Waals surface area contributed by atoms with Crippen LogP contribution in [0.4, 0.5) is 5.82 Å². The van der Waals surface area contributed by atoms with Crippen molar-refractivity contribution in [3.8, 4) is 0 Å². The molecular formula is C10H10ClN3S. The van der Waals surface area contributed by atoms with E-state index in [1.807, 2.05) is 11.4 Å². The molecule has 3 nitrogen and oxygen atoms in total. The number of rotatable bonds is 2. The molecule has 1 saturated carbocycles. The minimum atomic E-state index is 0.322. The molecule has 0 saturated heterocycles. The fraction of sp³-hybridized carbons (Fsp3) is 0.400. The standard InChI is InChI=1S/C10H10ClN3S/c11-10-13-7-4-5-15-8(7)9(14-10)12-6-2-1-3-6/h4-6H,1-3H2,(H,12,13,14). The zero-order valence-electron chi connectivity index (χ0n) is 8.03. The molecule has 2 heterocycles. The SMILES string of the molecule is Clc1nc(NC2CCC2)c2sccc2n1. The van der Waals surface area contributed by atoms with Gasteiger partial charge >= 0.3 is 0 Å². The molecule has 0 atom stereocenters. The number of thiophene rings is 1. The molecule has 78 valence electrons. The summed E-state index contributed by atoms with van der Waals surface area (Å²) in [4.78, 5) is 8.42. The van der Waals surface area contributed by atoms with Gasteiger partial charge in [0.2, 0.25) is 5.28 Å². The summed E-state index contributed by atoms with van der Waals surface area (Å²) in [5.74, 6) is 0.893. The second-order valence-electron chi connectivity index (χ2n) is 3.75. The Hall–Kier alpha value is -0.870. The molecule has 0 unspecified atom stereocenters. The topological polar surface area (TPSA) is 37.8 Å². The largest absolute Gasteiger partial charge is 0.366 e. The van der Waals surface area contributed by atoms with Crippen LogP contribution in [-0.4, -0.2) is 16.0 Å². The van der Waals surface area contributed by atoms with Crippen LogP contribution in [-0.2, 0) is 0 Å². The molecule has 0 amide bonds. The van der Waals surface area contributed by atoms with Crippen LogP contribution in [0.2, 0.25) is 5.28 Å². The number of hydrogen-bond acceptors (Lipinski definition) is 4. The van der Waals surface area contributed by atoms with Gasteiger partial charge in [0.1, 0.15) is 5.82 Å². The third kappa shape index (κ3) is 1.68. The van der Waals surface area contributed by atoms with Crippen LogP contribution in [0.15, 0.2) is 11.4 Å². The summed E-state index contributed by atoms with van der Waals surface area (Å²) in [5.41, 5.74) is 0.932. The number of fused-ring (bicyclic) bond motifs is 1. The number of anilines is 1. The summed E-state index contributed by atoms with van der Waals surface area (Å²) >= 11 is 7.52. The van der Waals surface area contributed by atoms with E-state index in [1.54, 1.807) is 11.3 Å². The van der Waals surface area contributed by atoms with Crippen LogP contribution in [0.25, 0.3) is 10.2 Å². The van der Waals surface area contributed by atoms with Crippen molar-refractivity contribution in [2.75, 3.05) is 5.32 Å². The molecule has 0 aromatic carbocycles. The molecule has 0 bridgehead atoms. The second kappa shape index (κ2) is 3.61. The molecule has 15 heavy (non-hydrogen) atoms. The number of nitrogens with one attached hydrogen (secondary N) is 1. The molecule has 0 aliphatic heterocycles. The maximum absolute atomic E-state index is 5.87. The normalized spacial score (nSPS) is 16.6. The highest BCUT2D eigenvalue weighted by atomic mass is 35.5. The van der Waals surface area contributed by atoms with Crippen molar-refractivity contribution >= 4 is 39.0 Å². The van der Waals surface area contributed by atoms with Crippen molar-refractivity contribution in [1.29, 1.82) is 0 Å². The molecule has 3 rings (SSSR count). The van der Waals surface area contributed by atoms with Crippen LogP contribution < -0.4 is 5.32 Å². The Labute approximate surface area is 96.5 Å².